The van der Waals surface area contributed by atoms with Gasteiger partial charge in [-0.15, -0.1) is 11.3 Å². The molecule has 1 atom stereocenters. The van der Waals surface area contributed by atoms with Crippen molar-refractivity contribution in [3.8, 4) is 5.75 Å². The molecule has 0 aliphatic heterocycles. The number of thioether (sulfide) groups is 1. The first-order valence-electron chi connectivity index (χ1n) is 8.94. The van der Waals surface area contributed by atoms with E-state index in [0.717, 1.165) is 36.2 Å². The maximum absolute atomic E-state index is 6.13. The van der Waals surface area contributed by atoms with Gasteiger partial charge in [0.25, 0.3) is 0 Å². The van der Waals surface area contributed by atoms with Crippen LogP contribution in [0.4, 0.5) is 5.82 Å². The Morgan fingerprint density at radius 1 is 1.17 bits per heavy atom. The quantitative estimate of drug-likeness (QED) is 0.209. The molecule has 0 amide bonds. The molecule has 0 aliphatic rings. The van der Waals surface area contributed by atoms with Crippen LogP contribution in [0.1, 0.15) is 17.9 Å². The Hall–Kier alpha value is -1.80. The molecule has 148 valence electrons. The molecule has 0 saturated carbocycles. The molecule has 0 radical (unpaired) electrons. The van der Waals surface area contributed by atoms with E-state index < -0.39 is 0 Å². The second kappa shape index (κ2) is 9.34. The SMILES string of the molecule is CCOc1ccc2nc(SC(Nc3cc(Cl)ccn3)c3ccc(Br)cc3)sc2c1. The molecule has 2 aromatic heterocycles. The fourth-order valence-electron chi connectivity index (χ4n) is 2.73. The summed E-state index contributed by atoms with van der Waals surface area (Å²) >= 11 is 12.9. The molecular formula is C21H17BrClN3OS2. The summed E-state index contributed by atoms with van der Waals surface area (Å²) in [5.74, 6) is 1.59. The van der Waals surface area contributed by atoms with Crippen LogP contribution in [0.3, 0.4) is 0 Å². The summed E-state index contributed by atoms with van der Waals surface area (Å²) in [5.41, 5.74) is 2.09. The number of fused-ring (bicyclic) bond motifs is 1. The lowest BCUT2D eigenvalue weighted by Gasteiger charge is -2.18. The predicted molar refractivity (Wildman–Crippen MR) is 126 cm³/mol. The average molecular weight is 507 g/mol. The van der Waals surface area contributed by atoms with Gasteiger partial charge < -0.3 is 10.1 Å². The zero-order chi connectivity index (χ0) is 20.2. The topological polar surface area (TPSA) is 47.0 Å². The monoisotopic (exact) mass is 505 g/mol. The van der Waals surface area contributed by atoms with Crippen LogP contribution in [0.25, 0.3) is 10.2 Å². The zero-order valence-electron chi connectivity index (χ0n) is 15.4. The highest BCUT2D eigenvalue weighted by molar-refractivity contribution is 9.10. The summed E-state index contributed by atoms with van der Waals surface area (Å²) in [5, 5.41) is 4.05. The van der Waals surface area contributed by atoms with Crippen LogP contribution >= 0.6 is 50.6 Å². The normalized spacial score (nSPS) is 12.1. The number of aromatic nitrogens is 2. The molecule has 0 spiro atoms. The summed E-state index contributed by atoms with van der Waals surface area (Å²) in [6.07, 6.45) is 1.70. The van der Waals surface area contributed by atoms with Gasteiger partial charge in [0.2, 0.25) is 0 Å². The van der Waals surface area contributed by atoms with Gasteiger partial charge in [-0.05, 0) is 55.0 Å². The number of ether oxygens (including phenoxy) is 1. The van der Waals surface area contributed by atoms with Crippen LogP contribution in [0.5, 0.6) is 5.75 Å². The van der Waals surface area contributed by atoms with Gasteiger partial charge >= 0.3 is 0 Å². The molecule has 4 aromatic rings. The number of thiazole rings is 1. The van der Waals surface area contributed by atoms with Crippen molar-refractivity contribution in [1.29, 1.82) is 0 Å². The van der Waals surface area contributed by atoms with E-state index in [-0.39, 0.29) is 5.37 Å². The summed E-state index contributed by atoms with van der Waals surface area (Å²) < 4.78 is 8.72. The number of anilines is 1. The second-order valence-corrected chi connectivity index (χ2v) is 9.83. The molecule has 29 heavy (non-hydrogen) atoms. The maximum atomic E-state index is 6.13. The molecule has 0 fully saturated rings. The van der Waals surface area contributed by atoms with Gasteiger partial charge in [-0.25, -0.2) is 9.97 Å². The van der Waals surface area contributed by atoms with E-state index in [9.17, 15) is 0 Å². The number of benzene rings is 2. The predicted octanol–water partition coefficient (Wildman–Crippen LogP) is 7.41. The third-order valence-electron chi connectivity index (χ3n) is 4.04. The van der Waals surface area contributed by atoms with Gasteiger partial charge in [-0.2, -0.15) is 0 Å². The number of pyridine rings is 1. The Morgan fingerprint density at radius 2 is 2.00 bits per heavy atom. The third kappa shape index (κ3) is 5.22. The van der Waals surface area contributed by atoms with Crippen molar-refractivity contribution in [2.24, 2.45) is 0 Å². The first kappa shape index (κ1) is 20.5. The fraction of sp³-hybridized carbons (Fsp3) is 0.143. The molecule has 2 aromatic carbocycles. The highest BCUT2D eigenvalue weighted by Gasteiger charge is 2.17. The summed E-state index contributed by atoms with van der Waals surface area (Å²) in [6, 6.07) is 17.8. The molecule has 4 nitrogen and oxygen atoms in total. The minimum absolute atomic E-state index is 0.0685. The largest absolute Gasteiger partial charge is 0.494 e. The molecule has 0 aliphatic carbocycles. The van der Waals surface area contributed by atoms with Gasteiger partial charge in [-0.1, -0.05) is 51.4 Å². The van der Waals surface area contributed by atoms with Gasteiger partial charge in [0.15, 0.2) is 4.34 Å². The highest BCUT2D eigenvalue weighted by atomic mass is 79.9. The first-order valence-corrected chi connectivity index (χ1v) is 11.8. The van der Waals surface area contributed by atoms with Crippen molar-refractivity contribution >= 4 is 66.7 Å². The second-order valence-electron chi connectivity index (χ2n) is 6.10. The van der Waals surface area contributed by atoms with E-state index in [4.69, 9.17) is 21.3 Å². The lowest BCUT2D eigenvalue weighted by molar-refractivity contribution is 0.341. The van der Waals surface area contributed by atoms with E-state index in [1.165, 1.54) is 0 Å². The van der Waals surface area contributed by atoms with Crippen LogP contribution in [0.2, 0.25) is 5.02 Å². The Bertz CT molecular complexity index is 1120. The van der Waals surface area contributed by atoms with Gasteiger partial charge in [0, 0.05) is 15.7 Å². The standard InChI is InChI=1S/C21H17BrClN3OS2/c1-2-27-16-7-8-17-18(12-16)28-21(25-17)29-20(13-3-5-14(22)6-4-13)26-19-11-15(23)9-10-24-19/h3-12,20H,2H2,1H3,(H,24,26). The molecule has 1 unspecified atom stereocenters. The first-order chi connectivity index (χ1) is 14.1. The molecule has 0 bridgehead atoms. The fourth-order valence-corrected chi connectivity index (χ4v) is 5.45. The summed E-state index contributed by atoms with van der Waals surface area (Å²) in [7, 11) is 0. The van der Waals surface area contributed by atoms with E-state index in [2.05, 4.69) is 38.4 Å². The van der Waals surface area contributed by atoms with E-state index in [1.54, 1.807) is 35.4 Å². The van der Waals surface area contributed by atoms with E-state index in [0.29, 0.717) is 11.6 Å². The number of nitrogens with one attached hydrogen (secondary N) is 1. The third-order valence-corrected chi connectivity index (χ3v) is 7.08. The number of halogens is 2. The number of nitrogens with zero attached hydrogens (tertiary/aromatic N) is 2. The van der Waals surface area contributed by atoms with Crippen molar-refractivity contribution in [3.63, 3.8) is 0 Å². The number of hydrogen-bond donors (Lipinski definition) is 1. The zero-order valence-corrected chi connectivity index (χ0v) is 19.4. The highest BCUT2D eigenvalue weighted by Crippen LogP contribution is 2.40. The van der Waals surface area contributed by atoms with Gasteiger partial charge in [0.05, 0.1) is 16.8 Å². The molecular weight excluding hydrogens is 490 g/mol. The minimum atomic E-state index is -0.0685. The van der Waals surface area contributed by atoms with Crippen molar-refractivity contribution in [1.82, 2.24) is 9.97 Å². The molecule has 0 saturated heterocycles. The van der Waals surface area contributed by atoms with Gasteiger partial charge in [-0.3, -0.25) is 0 Å². The molecule has 4 rings (SSSR count). The van der Waals surface area contributed by atoms with Crippen molar-refractivity contribution in [2.45, 2.75) is 16.6 Å². The van der Waals surface area contributed by atoms with Gasteiger partial charge in [0.1, 0.15) is 16.9 Å². The average Bonchev–Trinajstić information content (AvgIpc) is 3.10. The van der Waals surface area contributed by atoms with Crippen LogP contribution in [-0.2, 0) is 0 Å². The van der Waals surface area contributed by atoms with Crippen molar-refractivity contribution in [3.05, 3.63) is 75.9 Å². The van der Waals surface area contributed by atoms with Crippen molar-refractivity contribution < 1.29 is 4.74 Å². The Labute approximate surface area is 190 Å². The van der Waals surface area contributed by atoms with Crippen molar-refractivity contribution in [2.75, 3.05) is 11.9 Å². The molecule has 1 N–H and O–H groups in total. The smallest absolute Gasteiger partial charge is 0.153 e. The van der Waals surface area contributed by atoms with Crippen LogP contribution in [0.15, 0.2) is 69.6 Å². The number of hydrogen-bond acceptors (Lipinski definition) is 6. The Morgan fingerprint density at radius 3 is 2.76 bits per heavy atom. The van der Waals surface area contributed by atoms with E-state index >= 15 is 0 Å². The molecule has 8 heteroatoms. The lowest BCUT2D eigenvalue weighted by atomic mass is 10.2. The summed E-state index contributed by atoms with van der Waals surface area (Å²) in [4.78, 5) is 9.17. The lowest BCUT2D eigenvalue weighted by Crippen LogP contribution is -2.08. The molecule has 2 heterocycles. The van der Waals surface area contributed by atoms with Crippen LogP contribution in [-0.4, -0.2) is 16.6 Å². The Balaban J connectivity index is 1.63. The van der Waals surface area contributed by atoms with Crippen LogP contribution in [0, 0.1) is 0 Å². The van der Waals surface area contributed by atoms with E-state index in [1.807, 2.05) is 43.3 Å². The summed E-state index contributed by atoms with van der Waals surface area (Å²) in [6.45, 7) is 2.63. The number of rotatable bonds is 7. The maximum Gasteiger partial charge on any atom is 0.153 e. The Kier molecular flexibility index (Phi) is 6.60. The minimum Gasteiger partial charge on any atom is -0.494 e. The van der Waals surface area contributed by atoms with Crippen LogP contribution < -0.4 is 10.1 Å².